The molecular weight excluding hydrogens is 264 g/mol. The number of halogens is 1. The molecule has 0 radical (unpaired) electrons. The van der Waals surface area contributed by atoms with E-state index in [1.165, 1.54) is 12.8 Å². The summed E-state index contributed by atoms with van der Waals surface area (Å²) in [5.74, 6) is 0. The highest BCUT2D eigenvalue weighted by Crippen LogP contribution is 2.22. The van der Waals surface area contributed by atoms with Crippen LogP contribution < -0.4 is 5.32 Å². The number of piperidine rings is 1. The van der Waals surface area contributed by atoms with Gasteiger partial charge < -0.3 is 10.2 Å². The first-order valence-corrected chi connectivity index (χ1v) is 6.29. The van der Waals surface area contributed by atoms with Gasteiger partial charge in [0.1, 0.15) is 0 Å². The normalized spacial score (nSPS) is 19.9. The number of aromatic nitrogens is 2. The van der Waals surface area contributed by atoms with Crippen LogP contribution in [0.3, 0.4) is 0 Å². The SMILES string of the molecule is CN1CCC(Nc2nnc(Br)s2)CC1. The standard InChI is InChI=1S/C8H13BrN4S/c1-13-4-2-6(3-5-13)10-8-12-11-7(9)14-8/h6H,2-5H2,1H3,(H,10,12). The van der Waals surface area contributed by atoms with Crippen LogP contribution in [0.2, 0.25) is 0 Å². The smallest absolute Gasteiger partial charge is 0.206 e. The second-order valence-electron chi connectivity index (χ2n) is 3.58. The molecule has 0 aliphatic carbocycles. The first-order chi connectivity index (χ1) is 6.74. The van der Waals surface area contributed by atoms with Gasteiger partial charge in [0.25, 0.3) is 0 Å². The van der Waals surface area contributed by atoms with Crippen molar-refractivity contribution >= 4 is 32.4 Å². The van der Waals surface area contributed by atoms with Crippen molar-refractivity contribution in [2.45, 2.75) is 18.9 Å². The Morgan fingerprint density at radius 2 is 2.14 bits per heavy atom. The van der Waals surface area contributed by atoms with Gasteiger partial charge in [0.05, 0.1) is 0 Å². The molecule has 1 fully saturated rings. The highest BCUT2D eigenvalue weighted by molar-refractivity contribution is 9.11. The Balaban J connectivity index is 1.86. The van der Waals surface area contributed by atoms with Gasteiger partial charge in [0.15, 0.2) is 3.92 Å². The van der Waals surface area contributed by atoms with Crippen LogP contribution >= 0.6 is 27.3 Å². The summed E-state index contributed by atoms with van der Waals surface area (Å²) in [5, 5.41) is 12.3. The summed E-state index contributed by atoms with van der Waals surface area (Å²) < 4.78 is 0.841. The molecule has 1 saturated heterocycles. The highest BCUT2D eigenvalue weighted by Gasteiger charge is 2.17. The number of nitrogens with zero attached hydrogens (tertiary/aromatic N) is 3. The van der Waals surface area contributed by atoms with Crippen molar-refractivity contribution in [2.75, 3.05) is 25.5 Å². The first kappa shape index (κ1) is 10.3. The van der Waals surface area contributed by atoms with Crippen molar-refractivity contribution < 1.29 is 0 Å². The van der Waals surface area contributed by atoms with Crippen LogP contribution in [0.15, 0.2) is 3.92 Å². The van der Waals surface area contributed by atoms with Crippen LogP contribution in [-0.2, 0) is 0 Å². The summed E-state index contributed by atoms with van der Waals surface area (Å²) in [6, 6.07) is 0.561. The van der Waals surface area contributed by atoms with Gasteiger partial charge in [0, 0.05) is 6.04 Å². The predicted molar refractivity (Wildman–Crippen MR) is 61.8 cm³/mol. The largest absolute Gasteiger partial charge is 0.357 e. The van der Waals surface area contributed by atoms with Crippen LogP contribution in [0.25, 0.3) is 0 Å². The minimum absolute atomic E-state index is 0.561. The van der Waals surface area contributed by atoms with Crippen molar-refractivity contribution in [2.24, 2.45) is 0 Å². The number of anilines is 1. The van der Waals surface area contributed by atoms with E-state index in [2.05, 4.69) is 43.4 Å². The zero-order chi connectivity index (χ0) is 9.97. The second-order valence-corrected chi connectivity index (χ2v) is 5.84. The first-order valence-electron chi connectivity index (χ1n) is 4.68. The van der Waals surface area contributed by atoms with E-state index in [0.717, 1.165) is 22.1 Å². The van der Waals surface area contributed by atoms with E-state index in [1.54, 1.807) is 11.3 Å². The van der Waals surface area contributed by atoms with E-state index < -0.39 is 0 Å². The Hall–Kier alpha value is -0.200. The van der Waals surface area contributed by atoms with Gasteiger partial charge in [0.2, 0.25) is 5.13 Å². The summed E-state index contributed by atoms with van der Waals surface area (Å²) in [5.41, 5.74) is 0. The fourth-order valence-corrected chi connectivity index (χ4v) is 2.68. The van der Waals surface area contributed by atoms with Gasteiger partial charge in [-0.3, -0.25) is 0 Å². The van der Waals surface area contributed by atoms with Crippen molar-refractivity contribution in [1.82, 2.24) is 15.1 Å². The molecule has 0 amide bonds. The molecule has 0 spiro atoms. The molecule has 78 valence electrons. The average molecular weight is 277 g/mol. The number of nitrogens with one attached hydrogen (secondary N) is 1. The maximum Gasteiger partial charge on any atom is 0.206 e. The van der Waals surface area contributed by atoms with Crippen LogP contribution in [0, 0.1) is 0 Å². The molecule has 1 aliphatic heterocycles. The number of hydrogen-bond donors (Lipinski definition) is 1. The molecule has 14 heavy (non-hydrogen) atoms. The van der Waals surface area contributed by atoms with E-state index in [9.17, 15) is 0 Å². The van der Waals surface area contributed by atoms with Crippen molar-refractivity contribution in [3.63, 3.8) is 0 Å². The van der Waals surface area contributed by atoms with E-state index in [4.69, 9.17) is 0 Å². The van der Waals surface area contributed by atoms with Crippen LogP contribution in [0.1, 0.15) is 12.8 Å². The Morgan fingerprint density at radius 3 is 2.71 bits per heavy atom. The molecule has 1 N–H and O–H groups in total. The lowest BCUT2D eigenvalue weighted by Gasteiger charge is -2.29. The molecule has 6 heteroatoms. The molecule has 0 bridgehead atoms. The fraction of sp³-hybridized carbons (Fsp3) is 0.750. The Morgan fingerprint density at radius 1 is 1.43 bits per heavy atom. The predicted octanol–water partition coefficient (Wildman–Crippen LogP) is 1.81. The number of hydrogen-bond acceptors (Lipinski definition) is 5. The van der Waals surface area contributed by atoms with Gasteiger partial charge in [-0.1, -0.05) is 11.3 Å². The van der Waals surface area contributed by atoms with E-state index in [-0.39, 0.29) is 0 Å². The van der Waals surface area contributed by atoms with Crippen molar-refractivity contribution in [1.29, 1.82) is 0 Å². The molecule has 2 heterocycles. The van der Waals surface area contributed by atoms with Crippen LogP contribution in [0.5, 0.6) is 0 Å². The lowest BCUT2D eigenvalue weighted by Crippen LogP contribution is -2.36. The third-order valence-corrected chi connectivity index (χ3v) is 3.73. The molecule has 0 aromatic carbocycles. The maximum atomic E-state index is 4.03. The molecule has 0 saturated carbocycles. The Kier molecular flexibility index (Phi) is 3.35. The topological polar surface area (TPSA) is 41.0 Å². The highest BCUT2D eigenvalue weighted by atomic mass is 79.9. The second kappa shape index (κ2) is 4.55. The molecule has 0 unspecified atom stereocenters. The maximum absolute atomic E-state index is 4.03. The van der Waals surface area contributed by atoms with Gasteiger partial charge in [-0.15, -0.1) is 10.2 Å². The minimum Gasteiger partial charge on any atom is -0.357 e. The molecule has 0 atom stereocenters. The molecule has 2 rings (SSSR count). The van der Waals surface area contributed by atoms with Crippen LogP contribution in [0.4, 0.5) is 5.13 Å². The van der Waals surface area contributed by atoms with Gasteiger partial charge in [-0.05, 0) is 48.9 Å². The zero-order valence-corrected chi connectivity index (χ0v) is 10.4. The third kappa shape index (κ3) is 2.65. The van der Waals surface area contributed by atoms with E-state index in [1.807, 2.05) is 0 Å². The summed E-state index contributed by atoms with van der Waals surface area (Å²) in [7, 11) is 2.16. The van der Waals surface area contributed by atoms with Crippen molar-refractivity contribution in [3.8, 4) is 0 Å². The summed E-state index contributed by atoms with van der Waals surface area (Å²) >= 11 is 4.86. The van der Waals surface area contributed by atoms with Gasteiger partial charge in [-0.25, -0.2) is 0 Å². The minimum atomic E-state index is 0.561. The third-order valence-electron chi connectivity index (χ3n) is 2.45. The summed E-state index contributed by atoms with van der Waals surface area (Å²) in [6.07, 6.45) is 2.38. The van der Waals surface area contributed by atoms with Gasteiger partial charge in [-0.2, -0.15) is 0 Å². The van der Waals surface area contributed by atoms with Gasteiger partial charge >= 0.3 is 0 Å². The molecule has 4 nitrogen and oxygen atoms in total. The average Bonchev–Trinajstić information content (AvgIpc) is 2.56. The Labute approximate surface area is 95.8 Å². The lowest BCUT2D eigenvalue weighted by molar-refractivity contribution is 0.264. The lowest BCUT2D eigenvalue weighted by atomic mass is 10.1. The fourth-order valence-electron chi connectivity index (χ4n) is 1.59. The monoisotopic (exact) mass is 276 g/mol. The summed E-state index contributed by atoms with van der Waals surface area (Å²) in [6.45, 7) is 2.33. The number of rotatable bonds is 2. The molecular formula is C8H13BrN4S. The zero-order valence-electron chi connectivity index (χ0n) is 8.03. The van der Waals surface area contributed by atoms with Crippen molar-refractivity contribution in [3.05, 3.63) is 3.92 Å². The van der Waals surface area contributed by atoms with E-state index >= 15 is 0 Å². The quantitative estimate of drug-likeness (QED) is 0.895. The van der Waals surface area contributed by atoms with E-state index in [0.29, 0.717) is 6.04 Å². The molecule has 1 aromatic rings. The molecule has 1 aromatic heterocycles. The summed E-state index contributed by atoms with van der Waals surface area (Å²) in [4.78, 5) is 2.36. The molecule has 1 aliphatic rings. The number of likely N-dealkylation sites (tertiary alicyclic amines) is 1. The van der Waals surface area contributed by atoms with Crippen LogP contribution in [-0.4, -0.2) is 41.3 Å². The Bertz CT molecular complexity index is 295.